The highest BCUT2D eigenvalue weighted by atomic mass is 19.1. The Morgan fingerprint density at radius 3 is 2.54 bits per heavy atom. The topological polar surface area (TPSA) is 77.2 Å². The fourth-order valence-corrected chi connectivity index (χ4v) is 3.44. The maximum atomic E-state index is 13.3. The molecule has 0 saturated carbocycles. The number of amides is 3. The third-order valence-electron chi connectivity index (χ3n) is 4.97. The van der Waals surface area contributed by atoms with Gasteiger partial charge in [0.25, 0.3) is 5.91 Å². The van der Waals surface area contributed by atoms with Gasteiger partial charge in [0.2, 0.25) is 0 Å². The maximum Gasteiger partial charge on any atom is 0.321 e. The molecule has 0 atom stereocenters. The van der Waals surface area contributed by atoms with Crippen molar-refractivity contribution in [3.63, 3.8) is 0 Å². The van der Waals surface area contributed by atoms with Gasteiger partial charge in [-0.05, 0) is 49.2 Å². The Balaban J connectivity index is 1.31. The van der Waals surface area contributed by atoms with Gasteiger partial charge in [0.05, 0.1) is 0 Å². The smallest absolute Gasteiger partial charge is 0.321 e. The molecule has 1 aromatic heterocycles. The third-order valence-corrected chi connectivity index (χ3v) is 4.97. The molecule has 0 radical (unpaired) electrons. The van der Waals surface area contributed by atoms with Crippen molar-refractivity contribution in [3.05, 3.63) is 66.1 Å². The van der Waals surface area contributed by atoms with E-state index in [0.29, 0.717) is 37.0 Å². The van der Waals surface area contributed by atoms with Gasteiger partial charge in [-0.3, -0.25) is 4.79 Å². The fourth-order valence-electron chi connectivity index (χ4n) is 3.44. The summed E-state index contributed by atoms with van der Waals surface area (Å²) in [6.07, 6.45) is 1.37. The Hall–Kier alpha value is -3.35. The Bertz CT molecular complexity index is 994. The Morgan fingerprint density at radius 1 is 1.04 bits per heavy atom. The zero-order valence-electron chi connectivity index (χ0n) is 15.2. The van der Waals surface area contributed by atoms with E-state index in [0.717, 1.165) is 11.2 Å². The van der Waals surface area contributed by atoms with E-state index in [1.807, 2.05) is 30.3 Å². The average Bonchev–Trinajstić information content (AvgIpc) is 3.12. The molecule has 7 heteroatoms. The van der Waals surface area contributed by atoms with Crippen LogP contribution in [0.2, 0.25) is 0 Å². The first kappa shape index (κ1) is 18.0. The van der Waals surface area contributed by atoms with Crippen LogP contribution in [0.4, 0.5) is 14.9 Å². The van der Waals surface area contributed by atoms with Crippen LogP contribution in [0.1, 0.15) is 23.3 Å². The monoisotopic (exact) mass is 380 g/mol. The number of H-pyrrole nitrogens is 1. The number of fused-ring (bicyclic) bond motifs is 1. The number of carbonyl (C=O) groups excluding carboxylic acids is 2. The Kier molecular flexibility index (Phi) is 4.97. The number of para-hydroxylation sites is 1. The van der Waals surface area contributed by atoms with E-state index < -0.39 is 0 Å². The number of benzene rings is 2. The lowest BCUT2D eigenvalue weighted by Gasteiger charge is -2.32. The zero-order valence-corrected chi connectivity index (χ0v) is 15.2. The quantitative estimate of drug-likeness (QED) is 0.647. The second-order valence-electron chi connectivity index (χ2n) is 6.95. The van der Waals surface area contributed by atoms with Gasteiger partial charge in [-0.15, -0.1) is 0 Å². The van der Waals surface area contributed by atoms with Crippen molar-refractivity contribution in [2.75, 3.05) is 18.4 Å². The van der Waals surface area contributed by atoms with E-state index in [-0.39, 0.29) is 23.8 Å². The van der Waals surface area contributed by atoms with Crippen molar-refractivity contribution in [1.29, 1.82) is 0 Å². The fraction of sp³-hybridized carbons (Fsp3) is 0.238. The van der Waals surface area contributed by atoms with E-state index in [1.54, 1.807) is 17.0 Å². The normalized spacial score (nSPS) is 14.8. The molecule has 0 spiro atoms. The summed E-state index contributed by atoms with van der Waals surface area (Å²) in [6.45, 7) is 1.14. The second-order valence-corrected chi connectivity index (χ2v) is 6.95. The van der Waals surface area contributed by atoms with Gasteiger partial charge in [0.15, 0.2) is 0 Å². The number of aromatic nitrogens is 1. The second kappa shape index (κ2) is 7.72. The number of carbonyl (C=O) groups is 2. The summed E-state index contributed by atoms with van der Waals surface area (Å²) in [6, 6.07) is 15.2. The first-order chi connectivity index (χ1) is 13.6. The van der Waals surface area contributed by atoms with Crippen molar-refractivity contribution >= 4 is 28.5 Å². The van der Waals surface area contributed by atoms with Gasteiger partial charge in [-0.25, -0.2) is 9.18 Å². The minimum atomic E-state index is -0.334. The summed E-state index contributed by atoms with van der Waals surface area (Å²) in [4.78, 5) is 29.6. The number of hydrogen-bond acceptors (Lipinski definition) is 2. The van der Waals surface area contributed by atoms with Crippen molar-refractivity contribution in [2.24, 2.45) is 0 Å². The molecule has 1 fully saturated rings. The van der Waals surface area contributed by atoms with Crippen LogP contribution < -0.4 is 10.6 Å². The zero-order chi connectivity index (χ0) is 19.5. The molecule has 1 aliphatic rings. The molecule has 6 nitrogen and oxygen atoms in total. The highest BCUT2D eigenvalue weighted by Gasteiger charge is 2.24. The van der Waals surface area contributed by atoms with Crippen LogP contribution in [0.5, 0.6) is 0 Å². The van der Waals surface area contributed by atoms with Crippen LogP contribution in [0.25, 0.3) is 10.9 Å². The van der Waals surface area contributed by atoms with Crippen molar-refractivity contribution < 1.29 is 14.0 Å². The molecule has 0 bridgehead atoms. The molecule has 28 heavy (non-hydrogen) atoms. The molecule has 2 aromatic carbocycles. The lowest BCUT2D eigenvalue weighted by atomic mass is 10.1. The largest absolute Gasteiger partial charge is 0.351 e. The molecule has 3 amide bonds. The van der Waals surface area contributed by atoms with Crippen LogP contribution in [0.3, 0.4) is 0 Å². The van der Waals surface area contributed by atoms with E-state index in [4.69, 9.17) is 0 Å². The number of likely N-dealkylation sites (tertiary alicyclic amines) is 1. The molecular formula is C21H21FN4O2. The van der Waals surface area contributed by atoms with Crippen LogP contribution in [-0.2, 0) is 0 Å². The van der Waals surface area contributed by atoms with E-state index in [9.17, 15) is 14.0 Å². The molecule has 2 heterocycles. The van der Waals surface area contributed by atoms with Crippen molar-refractivity contribution in [1.82, 2.24) is 15.2 Å². The van der Waals surface area contributed by atoms with Crippen molar-refractivity contribution in [3.8, 4) is 0 Å². The van der Waals surface area contributed by atoms with Gasteiger partial charge in [0.1, 0.15) is 11.5 Å². The lowest BCUT2D eigenvalue weighted by molar-refractivity contribution is 0.0915. The predicted molar refractivity (Wildman–Crippen MR) is 106 cm³/mol. The van der Waals surface area contributed by atoms with Crippen LogP contribution >= 0.6 is 0 Å². The number of rotatable bonds is 3. The standard InChI is InChI=1S/C21H21FN4O2/c22-15-6-7-18-14(12-15)13-19(25-18)20(27)23-17-8-10-26(11-9-17)21(28)24-16-4-2-1-3-5-16/h1-7,12-13,17,25H,8-11H2,(H,23,27)(H,24,28). The summed E-state index contributed by atoms with van der Waals surface area (Å²) in [5, 5.41) is 6.54. The summed E-state index contributed by atoms with van der Waals surface area (Å²) >= 11 is 0. The SMILES string of the molecule is O=C(NC1CCN(C(=O)Nc2ccccc2)CC1)c1cc2cc(F)ccc2[nH]1. The third kappa shape index (κ3) is 3.98. The van der Waals surface area contributed by atoms with Gasteiger partial charge in [0, 0.05) is 35.7 Å². The summed E-state index contributed by atoms with van der Waals surface area (Å²) in [5.74, 6) is -0.552. The molecule has 4 rings (SSSR count). The molecule has 3 aromatic rings. The molecule has 1 aliphatic heterocycles. The van der Waals surface area contributed by atoms with E-state index in [2.05, 4.69) is 15.6 Å². The summed E-state index contributed by atoms with van der Waals surface area (Å²) < 4.78 is 13.3. The number of urea groups is 1. The maximum absolute atomic E-state index is 13.3. The number of hydrogen-bond donors (Lipinski definition) is 3. The molecule has 0 unspecified atom stereocenters. The summed E-state index contributed by atoms with van der Waals surface area (Å²) in [7, 11) is 0. The summed E-state index contributed by atoms with van der Waals surface area (Å²) in [5.41, 5.74) is 1.89. The number of aromatic amines is 1. The first-order valence-corrected chi connectivity index (χ1v) is 9.28. The number of piperidine rings is 1. The Morgan fingerprint density at radius 2 is 1.79 bits per heavy atom. The van der Waals surface area contributed by atoms with Gasteiger partial charge < -0.3 is 20.5 Å². The minimum Gasteiger partial charge on any atom is -0.351 e. The van der Waals surface area contributed by atoms with Gasteiger partial charge in [-0.1, -0.05) is 18.2 Å². The Labute approximate surface area is 161 Å². The highest BCUT2D eigenvalue weighted by molar-refractivity contribution is 5.98. The van der Waals surface area contributed by atoms with Crippen molar-refractivity contribution in [2.45, 2.75) is 18.9 Å². The molecular weight excluding hydrogens is 359 g/mol. The van der Waals surface area contributed by atoms with Gasteiger partial charge >= 0.3 is 6.03 Å². The number of nitrogens with one attached hydrogen (secondary N) is 3. The average molecular weight is 380 g/mol. The first-order valence-electron chi connectivity index (χ1n) is 9.28. The number of nitrogens with zero attached hydrogens (tertiary/aromatic N) is 1. The van der Waals surface area contributed by atoms with Crippen LogP contribution in [0, 0.1) is 5.82 Å². The van der Waals surface area contributed by atoms with E-state index >= 15 is 0 Å². The highest BCUT2D eigenvalue weighted by Crippen LogP contribution is 2.18. The molecule has 0 aliphatic carbocycles. The molecule has 144 valence electrons. The molecule has 3 N–H and O–H groups in total. The van der Waals surface area contributed by atoms with E-state index in [1.165, 1.54) is 12.1 Å². The number of halogens is 1. The lowest BCUT2D eigenvalue weighted by Crippen LogP contribution is -2.47. The predicted octanol–water partition coefficient (Wildman–Crippen LogP) is 3.73. The van der Waals surface area contributed by atoms with Gasteiger partial charge in [-0.2, -0.15) is 0 Å². The minimum absolute atomic E-state index is 0.00331. The molecule has 1 saturated heterocycles. The van der Waals surface area contributed by atoms with Crippen LogP contribution in [-0.4, -0.2) is 41.0 Å². The number of anilines is 1. The van der Waals surface area contributed by atoms with Crippen LogP contribution in [0.15, 0.2) is 54.6 Å².